The Hall–Kier alpha value is -2.94. The summed E-state index contributed by atoms with van der Waals surface area (Å²) in [5.41, 5.74) is 0.829. The molecule has 9 heteroatoms. The maximum Gasteiger partial charge on any atom is 0.229 e. The Morgan fingerprint density at radius 1 is 1.18 bits per heavy atom. The van der Waals surface area contributed by atoms with Crippen molar-refractivity contribution in [1.29, 1.82) is 0 Å². The molecule has 0 saturated carbocycles. The van der Waals surface area contributed by atoms with Crippen molar-refractivity contribution < 1.29 is 4.79 Å². The largest absolute Gasteiger partial charge is 0.356 e. The molecule has 144 valence electrons. The number of rotatable bonds is 5. The third-order valence-electron chi connectivity index (χ3n) is 4.77. The third-order valence-corrected chi connectivity index (χ3v) is 5.51. The van der Waals surface area contributed by atoms with Gasteiger partial charge in [-0.3, -0.25) is 4.79 Å². The second-order valence-electron chi connectivity index (χ2n) is 6.58. The van der Waals surface area contributed by atoms with E-state index in [0.29, 0.717) is 12.4 Å². The lowest BCUT2D eigenvalue weighted by Gasteiger charge is -2.32. The molecule has 1 N–H and O–H groups in total. The highest BCUT2D eigenvalue weighted by Gasteiger charge is 2.27. The van der Waals surface area contributed by atoms with Crippen LogP contribution in [0.1, 0.15) is 12.8 Å². The maximum absolute atomic E-state index is 12.8. The van der Waals surface area contributed by atoms with Gasteiger partial charge in [-0.1, -0.05) is 0 Å². The Morgan fingerprint density at radius 2 is 2.00 bits per heavy atom. The van der Waals surface area contributed by atoms with Crippen LogP contribution in [0.3, 0.4) is 0 Å². The van der Waals surface area contributed by atoms with Crippen molar-refractivity contribution in [2.45, 2.75) is 17.7 Å². The van der Waals surface area contributed by atoms with Gasteiger partial charge in [-0.05, 0) is 43.4 Å². The molecule has 3 heterocycles. The van der Waals surface area contributed by atoms with Crippen LogP contribution in [0.4, 0.5) is 11.5 Å². The predicted molar refractivity (Wildman–Crippen MR) is 109 cm³/mol. The van der Waals surface area contributed by atoms with Crippen molar-refractivity contribution in [3.8, 4) is 5.82 Å². The van der Waals surface area contributed by atoms with E-state index >= 15 is 0 Å². The van der Waals surface area contributed by atoms with Crippen LogP contribution >= 0.6 is 11.8 Å². The number of hydrogen-bond acceptors (Lipinski definition) is 7. The summed E-state index contributed by atoms with van der Waals surface area (Å²) in [6.07, 6.45) is 8.42. The molecule has 0 spiro atoms. The monoisotopic (exact) mass is 395 g/mol. The molecule has 1 amide bonds. The lowest BCUT2D eigenvalue weighted by Crippen LogP contribution is -2.41. The fourth-order valence-electron chi connectivity index (χ4n) is 3.28. The number of anilines is 2. The minimum atomic E-state index is -0.0845. The van der Waals surface area contributed by atoms with Crippen LogP contribution in [-0.4, -0.2) is 50.0 Å². The van der Waals surface area contributed by atoms with Crippen LogP contribution in [-0.2, 0) is 4.79 Å². The quantitative estimate of drug-likeness (QED) is 0.664. The molecule has 0 radical (unpaired) electrons. The van der Waals surface area contributed by atoms with Gasteiger partial charge in [0.15, 0.2) is 5.82 Å². The van der Waals surface area contributed by atoms with Crippen LogP contribution < -0.4 is 10.2 Å². The second kappa shape index (κ2) is 8.39. The van der Waals surface area contributed by atoms with Gasteiger partial charge in [0.25, 0.3) is 0 Å². The van der Waals surface area contributed by atoms with E-state index in [0.717, 1.165) is 30.9 Å². The molecule has 1 fully saturated rings. The summed E-state index contributed by atoms with van der Waals surface area (Å²) in [5, 5.41) is 7.14. The third kappa shape index (κ3) is 4.14. The molecule has 1 aromatic carbocycles. The molecule has 1 atom stereocenters. The number of thioether (sulfide) groups is 1. The first-order valence-electron chi connectivity index (χ1n) is 9.10. The average Bonchev–Trinajstić information content (AvgIpc) is 3.29. The van der Waals surface area contributed by atoms with Crippen molar-refractivity contribution in [1.82, 2.24) is 24.7 Å². The standard InChI is InChI=1S/C19H21N7OS/c1-28-16-6-4-15(5-7-16)24-19(27)14-3-2-8-25(10-14)17-9-18(22-12-21-17)26-13-20-11-23-26/h4-7,9,11-14H,2-3,8,10H2,1H3,(H,24,27). The van der Waals surface area contributed by atoms with E-state index in [1.54, 1.807) is 22.8 Å². The maximum atomic E-state index is 12.8. The minimum absolute atomic E-state index is 0.0483. The summed E-state index contributed by atoms with van der Waals surface area (Å²) in [5.74, 6) is 1.41. The first-order chi connectivity index (χ1) is 13.7. The molecule has 0 bridgehead atoms. The molecule has 8 nitrogen and oxygen atoms in total. The van der Waals surface area contributed by atoms with Gasteiger partial charge in [-0.2, -0.15) is 5.10 Å². The normalized spacial score (nSPS) is 16.8. The van der Waals surface area contributed by atoms with E-state index in [4.69, 9.17) is 0 Å². The van der Waals surface area contributed by atoms with E-state index in [2.05, 4.69) is 30.3 Å². The number of amides is 1. The molecule has 4 rings (SSSR count). The lowest BCUT2D eigenvalue weighted by atomic mass is 9.97. The second-order valence-corrected chi connectivity index (χ2v) is 7.46. The Morgan fingerprint density at radius 3 is 2.75 bits per heavy atom. The number of benzene rings is 1. The van der Waals surface area contributed by atoms with E-state index in [9.17, 15) is 4.79 Å². The van der Waals surface area contributed by atoms with Gasteiger partial charge in [0.1, 0.15) is 24.8 Å². The van der Waals surface area contributed by atoms with Gasteiger partial charge in [0, 0.05) is 29.7 Å². The smallest absolute Gasteiger partial charge is 0.229 e. The zero-order chi connectivity index (χ0) is 19.3. The van der Waals surface area contributed by atoms with Crippen molar-refractivity contribution in [2.24, 2.45) is 5.92 Å². The van der Waals surface area contributed by atoms with Gasteiger partial charge in [-0.15, -0.1) is 11.8 Å². The molecule has 1 aliphatic rings. The number of carbonyl (C=O) groups is 1. The van der Waals surface area contributed by atoms with Crippen molar-refractivity contribution in [3.05, 3.63) is 49.3 Å². The summed E-state index contributed by atoms with van der Waals surface area (Å²) in [6.45, 7) is 1.49. The number of carbonyl (C=O) groups excluding carboxylic acids is 1. The molecule has 28 heavy (non-hydrogen) atoms. The first kappa shape index (κ1) is 18.4. The van der Waals surface area contributed by atoms with E-state index < -0.39 is 0 Å². The van der Waals surface area contributed by atoms with Crippen molar-refractivity contribution in [2.75, 3.05) is 29.6 Å². The summed E-state index contributed by atoms with van der Waals surface area (Å²) in [4.78, 5) is 28.6. The van der Waals surface area contributed by atoms with Crippen molar-refractivity contribution >= 4 is 29.2 Å². The average molecular weight is 395 g/mol. The minimum Gasteiger partial charge on any atom is -0.356 e. The van der Waals surface area contributed by atoms with Crippen LogP contribution in [0.25, 0.3) is 5.82 Å². The highest BCUT2D eigenvalue weighted by molar-refractivity contribution is 7.98. The van der Waals surface area contributed by atoms with Gasteiger partial charge in [0.05, 0.1) is 5.92 Å². The van der Waals surface area contributed by atoms with E-state index in [1.165, 1.54) is 17.6 Å². The van der Waals surface area contributed by atoms with Crippen molar-refractivity contribution in [3.63, 3.8) is 0 Å². The Labute approximate surface area is 167 Å². The molecular formula is C19H21N7OS. The van der Waals surface area contributed by atoms with Gasteiger partial charge in [0.2, 0.25) is 5.91 Å². The molecule has 1 unspecified atom stereocenters. The number of nitrogens with one attached hydrogen (secondary N) is 1. The van der Waals surface area contributed by atoms with Gasteiger partial charge < -0.3 is 10.2 Å². The molecular weight excluding hydrogens is 374 g/mol. The Balaban J connectivity index is 1.44. The van der Waals surface area contributed by atoms with Crippen LogP contribution in [0, 0.1) is 5.92 Å². The number of aromatic nitrogens is 5. The molecule has 2 aromatic heterocycles. The van der Waals surface area contributed by atoms with Crippen LogP contribution in [0.15, 0.2) is 54.2 Å². The van der Waals surface area contributed by atoms with E-state index in [-0.39, 0.29) is 11.8 Å². The molecule has 3 aromatic rings. The summed E-state index contributed by atoms with van der Waals surface area (Å²) in [7, 11) is 0. The Kier molecular flexibility index (Phi) is 5.52. The van der Waals surface area contributed by atoms with Crippen LogP contribution in [0.2, 0.25) is 0 Å². The van der Waals surface area contributed by atoms with Crippen LogP contribution in [0.5, 0.6) is 0 Å². The Bertz CT molecular complexity index is 930. The number of piperidine rings is 1. The zero-order valence-electron chi connectivity index (χ0n) is 15.5. The fraction of sp³-hybridized carbons (Fsp3) is 0.316. The highest BCUT2D eigenvalue weighted by Crippen LogP contribution is 2.24. The predicted octanol–water partition coefficient (Wildman–Crippen LogP) is 2.63. The number of hydrogen-bond donors (Lipinski definition) is 1. The fourth-order valence-corrected chi connectivity index (χ4v) is 3.69. The van der Waals surface area contributed by atoms with Gasteiger partial charge in [-0.25, -0.2) is 19.6 Å². The summed E-state index contributed by atoms with van der Waals surface area (Å²) in [6, 6.07) is 9.79. The van der Waals surface area contributed by atoms with E-state index in [1.807, 2.05) is 36.6 Å². The highest BCUT2D eigenvalue weighted by atomic mass is 32.2. The summed E-state index contributed by atoms with van der Waals surface area (Å²) >= 11 is 1.68. The van der Waals surface area contributed by atoms with Gasteiger partial charge >= 0.3 is 0 Å². The first-order valence-corrected chi connectivity index (χ1v) is 10.3. The summed E-state index contributed by atoms with van der Waals surface area (Å²) < 4.78 is 1.59. The molecule has 0 aliphatic carbocycles. The lowest BCUT2D eigenvalue weighted by molar-refractivity contribution is -0.120. The topological polar surface area (TPSA) is 88.8 Å². The molecule has 1 saturated heterocycles. The number of nitrogens with zero attached hydrogens (tertiary/aromatic N) is 6. The molecule has 1 aliphatic heterocycles. The SMILES string of the molecule is CSc1ccc(NC(=O)C2CCCN(c3cc(-n4cncn4)ncn3)C2)cc1. The zero-order valence-corrected chi connectivity index (χ0v) is 16.3.